The molecule has 0 aromatic carbocycles. The maximum absolute atomic E-state index is 11.8. The molecule has 0 aromatic heterocycles. The van der Waals surface area contributed by atoms with Gasteiger partial charge in [0, 0.05) is 30.3 Å². The van der Waals surface area contributed by atoms with Crippen LogP contribution in [0.15, 0.2) is 0 Å². The summed E-state index contributed by atoms with van der Waals surface area (Å²) in [5.41, 5.74) is 0. The molecule has 3 unspecified atom stereocenters. The maximum atomic E-state index is 11.8. The first-order chi connectivity index (χ1) is 8.04. The first-order valence-electron chi connectivity index (χ1n) is 6.21. The lowest BCUT2D eigenvalue weighted by atomic mass is 9.78. The zero-order chi connectivity index (χ0) is 12.5. The lowest BCUT2D eigenvalue weighted by Gasteiger charge is -2.48. The van der Waals surface area contributed by atoms with Crippen LogP contribution in [0.1, 0.15) is 12.8 Å². The number of thioether (sulfide) groups is 1. The van der Waals surface area contributed by atoms with E-state index in [1.807, 2.05) is 7.05 Å². The molecule has 4 nitrogen and oxygen atoms in total. The van der Waals surface area contributed by atoms with Gasteiger partial charge in [0.05, 0.1) is 0 Å². The summed E-state index contributed by atoms with van der Waals surface area (Å²) in [7, 11) is -0.982. The summed E-state index contributed by atoms with van der Waals surface area (Å²) < 4.78 is 23.7. The minimum absolute atomic E-state index is 0.258. The Kier molecular flexibility index (Phi) is 4.39. The van der Waals surface area contributed by atoms with Crippen LogP contribution in [0.3, 0.4) is 0 Å². The van der Waals surface area contributed by atoms with Crippen LogP contribution in [0.5, 0.6) is 0 Å². The topological polar surface area (TPSA) is 49.4 Å². The number of hydrogen-bond donors (Lipinski definition) is 1. The smallest absolute Gasteiger partial charge is 0.164 e. The molecule has 1 aliphatic heterocycles. The van der Waals surface area contributed by atoms with Crippen molar-refractivity contribution in [2.75, 3.05) is 37.9 Å². The van der Waals surface area contributed by atoms with Crippen LogP contribution in [-0.2, 0) is 9.84 Å². The van der Waals surface area contributed by atoms with Crippen molar-refractivity contribution in [3.8, 4) is 0 Å². The van der Waals surface area contributed by atoms with Crippen molar-refractivity contribution < 1.29 is 8.42 Å². The van der Waals surface area contributed by atoms with Gasteiger partial charge in [-0.05, 0) is 32.4 Å². The minimum atomic E-state index is -2.95. The molecule has 1 saturated carbocycles. The SMILES string of the molecule is CNCC1CCC1N1CCSCC1S(C)(=O)=O. The van der Waals surface area contributed by atoms with Gasteiger partial charge in [0.2, 0.25) is 0 Å². The molecule has 1 saturated heterocycles. The molecule has 17 heavy (non-hydrogen) atoms. The molecule has 0 spiro atoms. The standard InChI is InChI=1S/C11H22N2O2S2/c1-12-7-9-3-4-10(9)13-5-6-16-8-11(13)17(2,14)15/h9-12H,3-8H2,1-2H3. The summed E-state index contributed by atoms with van der Waals surface area (Å²) >= 11 is 1.76. The first-order valence-corrected chi connectivity index (χ1v) is 9.32. The lowest BCUT2D eigenvalue weighted by molar-refractivity contribution is 0.0597. The summed E-state index contributed by atoms with van der Waals surface area (Å²) in [6, 6.07) is 0.475. The number of nitrogens with zero attached hydrogens (tertiary/aromatic N) is 1. The molecule has 6 heteroatoms. The quantitative estimate of drug-likeness (QED) is 0.807. The van der Waals surface area contributed by atoms with Gasteiger partial charge < -0.3 is 5.32 Å². The van der Waals surface area contributed by atoms with Gasteiger partial charge in [-0.25, -0.2) is 8.42 Å². The van der Waals surface area contributed by atoms with Gasteiger partial charge in [0.1, 0.15) is 5.37 Å². The van der Waals surface area contributed by atoms with Crippen molar-refractivity contribution in [1.82, 2.24) is 10.2 Å². The fourth-order valence-electron chi connectivity index (χ4n) is 2.83. The summed E-state index contributed by atoms with van der Waals surface area (Å²) in [4.78, 5) is 2.25. The van der Waals surface area contributed by atoms with Gasteiger partial charge in [0.15, 0.2) is 9.84 Å². The Balaban J connectivity index is 2.06. The molecule has 3 atom stereocenters. The molecule has 2 fully saturated rings. The van der Waals surface area contributed by atoms with Gasteiger partial charge >= 0.3 is 0 Å². The van der Waals surface area contributed by atoms with E-state index >= 15 is 0 Å². The zero-order valence-corrected chi connectivity index (χ0v) is 12.2. The third-order valence-electron chi connectivity index (χ3n) is 3.89. The van der Waals surface area contributed by atoms with Crippen LogP contribution in [0.2, 0.25) is 0 Å². The van der Waals surface area contributed by atoms with E-state index in [2.05, 4.69) is 10.2 Å². The fourth-order valence-corrected chi connectivity index (χ4v) is 5.76. The molecular weight excluding hydrogens is 256 g/mol. The summed E-state index contributed by atoms with van der Waals surface area (Å²) in [6.07, 6.45) is 3.76. The minimum Gasteiger partial charge on any atom is -0.319 e. The summed E-state index contributed by atoms with van der Waals surface area (Å²) in [5.74, 6) is 2.43. The highest BCUT2D eigenvalue weighted by molar-refractivity contribution is 8.00. The van der Waals surface area contributed by atoms with Crippen molar-refractivity contribution in [1.29, 1.82) is 0 Å². The zero-order valence-electron chi connectivity index (χ0n) is 10.6. The lowest BCUT2D eigenvalue weighted by Crippen LogP contribution is -2.58. The highest BCUT2D eigenvalue weighted by Gasteiger charge is 2.42. The van der Waals surface area contributed by atoms with Gasteiger partial charge in [0.25, 0.3) is 0 Å². The van der Waals surface area contributed by atoms with E-state index in [-0.39, 0.29) is 5.37 Å². The average molecular weight is 278 g/mol. The first kappa shape index (κ1) is 13.6. The van der Waals surface area contributed by atoms with E-state index in [0.29, 0.717) is 12.0 Å². The van der Waals surface area contributed by atoms with E-state index in [1.165, 1.54) is 12.7 Å². The third kappa shape index (κ3) is 2.97. The van der Waals surface area contributed by atoms with Crippen LogP contribution >= 0.6 is 11.8 Å². The summed E-state index contributed by atoms with van der Waals surface area (Å²) in [5, 5.41) is 2.95. The van der Waals surface area contributed by atoms with Crippen LogP contribution in [0, 0.1) is 5.92 Å². The molecule has 1 N–H and O–H groups in total. The van der Waals surface area contributed by atoms with Crippen molar-refractivity contribution in [3.63, 3.8) is 0 Å². The van der Waals surface area contributed by atoms with Crippen LogP contribution in [0.25, 0.3) is 0 Å². The second kappa shape index (κ2) is 5.47. The van der Waals surface area contributed by atoms with E-state index in [4.69, 9.17) is 0 Å². The largest absolute Gasteiger partial charge is 0.319 e. The molecule has 0 aromatic rings. The molecule has 1 aliphatic carbocycles. The molecular formula is C11H22N2O2S2. The number of rotatable bonds is 4. The maximum Gasteiger partial charge on any atom is 0.164 e. The Bertz CT molecular complexity index is 358. The average Bonchev–Trinajstić information content (AvgIpc) is 2.24. The summed E-state index contributed by atoms with van der Waals surface area (Å²) in [6.45, 7) is 1.93. The van der Waals surface area contributed by atoms with E-state index in [9.17, 15) is 8.42 Å². The van der Waals surface area contributed by atoms with E-state index < -0.39 is 9.84 Å². The Labute approximate surface area is 108 Å². The van der Waals surface area contributed by atoms with Crippen LogP contribution in [0.4, 0.5) is 0 Å². The molecule has 2 aliphatic rings. The number of hydrogen-bond acceptors (Lipinski definition) is 5. The normalized spacial score (nSPS) is 35.5. The van der Waals surface area contributed by atoms with E-state index in [0.717, 1.165) is 31.0 Å². The van der Waals surface area contributed by atoms with Crippen LogP contribution < -0.4 is 5.32 Å². The molecule has 0 bridgehead atoms. The predicted molar refractivity (Wildman–Crippen MR) is 73.1 cm³/mol. The van der Waals surface area contributed by atoms with Gasteiger partial charge in [-0.15, -0.1) is 0 Å². The number of sulfone groups is 1. The van der Waals surface area contributed by atoms with Gasteiger partial charge in [-0.2, -0.15) is 11.8 Å². The Morgan fingerprint density at radius 1 is 1.41 bits per heavy atom. The Hall–Kier alpha value is 0.220. The molecule has 100 valence electrons. The predicted octanol–water partition coefficient (Wildman–Crippen LogP) is 0.404. The monoisotopic (exact) mass is 278 g/mol. The van der Waals surface area contributed by atoms with Crippen molar-refractivity contribution >= 4 is 21.6 Å². The van der Waals surface area contributed by atoms with Crippen LogP contribution in [-0.4, -0.2) is 62.6 Å². The second-order valence-electron chi connectivity index (χ2n) is 5.06. The molecule has 0 radical (unpaired) electrons. The van der Waals surface area contributed by atoms with Crippen molar-refractivity contribution in [3.05, 3.63) is 0 Å². The molecule has 1 heterocycles. The van der Waals surface area contributed by atoms with Crippen molar-refractivity contribution in [2.45, 2.75) is 24.3 Å². The van der Waals surface area contributed by atoms with E-state index in [1.54, 1.807) is 11.8 Å². The number of nitrogens with one attached hydrogen (secondary N) is 1. The Morgan fingerprint density at radius 2 is 2.18 bits per heavy atom. The molecule has 2 rings (SSSR count). The highest BCUT2D eigenvalue weighted by Crippen LogP contribution is 2.36. The third-order valence-corrected chi connectivity index (χ3v) is 6.55. The van der Waals surface area contributed by atoms with Gasteiger partial charge in [-0.3, -0.25) is 4.90 Å². The Morgan fingerprint density at radius 3 is 2.71 bits per heavy atom. The molecule has 0 amide bonds. The second-order valence-corrected chi connectivity index (χ2v) is 8.41. The highest BCUT2D eigenvalue weighted by atomic mass is 32.2. The van der Waals surface area contributed by atoms with Crippen molar-refractivity contribution in [2.24, 2.45) is 5.92 Å². The fraction of sp³-hybridized carbons (Fsp3) is 1.00. The van der Waals surface area contributed by atoms with Gasteiger partial charge in [-0.1, -0.05) is 0 Å².